The molecule has 16 heavy (non-hydrogen) atoms. The van der Waals surface area contributed by atoms with E-state index in [2.05, 4.69) is 22.4 Å². The molecule has 1 aromatic heterocycles. The van der Waals surface area contributed by atoms with E-state index in [1.54, 1.807) is 0 Å². The molecule has 0 unspecified atom stereocenters. The van der Waals surface area contributed by atoms with Gasteiger partial charge in [-0.25, -0.2) is 0 Å². The molecule has 90 valence electrons. The predicted molar refractivity (Wildman–Crippen MR) is 62.3 cm³/mol. The monoisotopic (exact) mass is 223 g/mol. The molecule has 1 aliphatic carbocycles. The van der Waals surface area contributed by atoms with Crippen molar-refractivity contribution in [1.82, 2.24) is 15.5 Å². The first kappa shape index (κ1) is 11.6. The molecule has 1 aliphatic rings. The molecule has 1 aromatic rings. The number of hydrogen-bond acceptors (Lipinski definition) is 4. The molecule has 4 heteroatoms. The molecule has 0 saturated heterocycles. The van der Waals surface area contributed by atoms with Crippen molar-refractivity contribution < 1.29 is 4.52 Å². The van der Waals surface area contributed by atoms with Crippen molar-refractivity contribution in [1.29, 1.82) is 0 Å². The van der Waals surface area contributed by atoms with Crippen LogP contribution in [0.1, 0.15) is 50.2 Å². The second-order valence-corrected chi connectivity index (χ2v) is 4.86. The van der Waals surface area contributed by atoms with Crippen LogP contribution in [0.5, 0.6) is 0 Å². The minimum absolute atomic E-state index is 0.507. The van der Waals surface area contributed by atoms with E-state index in [1.165, 1.54) is 25.7 Å². The molecule has 0 spiro atoms. The van der Waals surface area contributed by atoms with Gasteiger partial charge in [0.15, 0.2) is 5.82 Å². The van der Waals surface area contributed by atoms with Gasteiger partial charge in [-0.1, -0.05) is 12.1 Å². The lowest BCUT2D eigenvalue weighted by molar-refractivity contribution is 0.280. The molecular formula is C12H21N3O. The third-order valence-electron chi connectivity index (χ3n) is 3.45. The van der Waals surface area contributed by atoms with E-state index in [1.807, 2.05) is 7.05 Å². The molecule has 0 radical (unpaired) electrons. The van der Waals surface area contributed by atoms with Crippen LogP contribution in [0, 0.1) is 5.92 Å². The van der Waals surface area contributed by atoms with Crippen molar-refractivity contribution in [3.8, 4) is 0 Å². The lowest BCUT2D eigenvalue weighted by Crippen LogP contribution is -2.12. The fourth-order valence-corrected chi connectivity index (χ4v) is 2.28. The van der Waals surface area contributed by atoms with Crippen LogP contribution < -0.4 is 5.32 Å². The van der Waals surface area contributed by atoms with Gasteiger partial charge in [0, 0.05) is 18.9 Å². The number of hydrogen-bond donors (Lipinski definition) is 1. The summed E-state index contributed by atoms with van der Waals surface area (Å²) >= 11 is 0. The number of rotatable bonds is 4. The highest BCUT2D eigenvalue weighted by Gasteiger charge is 2.24. The zero-order valence-electron chi connectivity index (χ0n) is 10.2. The van der Waals surface area contributed by atoms with E-state index >= 15 is 0 Å². The van der Waals surface area contributed by atoms with Crippen LogP contribution in [0.15, 0.2) is 4.52 Å². The summed E-state index contributed by atoms with van der Waals surface area (Å²) in [5.74, 6) is 3.07. The van der Waals surface area contributed by atoms with Gasteiger partial charge in [0.05, 0.1) is 0 Å². The van der Waals surface area contributed by atoms with Crippen LogP contribution in [-0.2, 0) is 6.42 Å². The van der Waals surface area contributed by atoms with Gasteiger partial charge in [-0.15, -0.1) is 0 Å². The Morgan fingerprint density at radius 3 is 2.75 bits per heavy atom. The highest BCUT2D eigenvalue weighted by Crippen LogP contribution is 2.34. The molecule has 0 amide bonds. The standard InChI is InChI=1S/C12H21N3O/c1-9-3-5-10(6-4-9)12-14-11(15-16-12)7-8-13-2/h9-10,13H,3-8H2,1-2H3. The largest absolute Gasteiger partial charge is 0.339 e. The van der Waals surface area contributed by atoms with Gasteiger partial charge in [0.2, 0.25) is 5.89 Å². The molecule has 1 fully saturated rings. The summed E-state index contributed by atoms with van der Waals surface area (Å²) in [6, 6.07) is 0. The fraction of sp³-hybridized carbons (Fsp3) is 0.833. The third kappa shape index (κ3) is 2.82. The quantitative estimate of drug-likeness (QED) is 0.849. The van der Waals surface area contributed by atoms with E-state index < -0.39 is 0 Å². The number of aromatic nitrogens is 2. The molecule has 2 rings (SSSR count). The Bertz CT molecular complexity index is 316. The van der Waals surface area contributed by atoms with Crippen molar-refractivity contribution in [2.24, 2.45) is 5.92 Å². The molecule has 4 nitrogen and oxygen atoms in total. The van der Waals surface area contributed by atoms with Gasteiger partial charge >= 0.3 is 0 Å². The first-order valence-electron chi connectivity index (χ1n) is 6.26. The minimum Gasteiger partial charge on any atom is -0.339 e. The first-order valence-corrected chi connectivity index (χ1v) is 6.26. The van der Waals surface area contributed by atoms with Crippen molar-refractivity contribution >= 4 is 0 Å². The summed E-state index contributed by atoms with van der Waals surface area (Å²) < 4.78 is 5.35. The predicted octanol–water partition coefficient (Wildman–Crippen LogP) is 2.13. The van der Waals surface area contributed by atoms with Crippen LogP contribution in [0.3, 0.4) is 0 Å². The Labute approximate surface area is 96.8 Å². The van der Waals surface area contributed by atoms with Gasteiger partial charge in [-0.05, 0) is 38.6 Å². The van der Waals surface area contributed by atoms with Crippen molar-refractivity contribution in [3.05, 3.63) is 11.7 Å². The van der Waals surface area contributed by atoms with Gasteiger partial charge in [-0.3, -0.25) is 0 Å². The summed E-state index contributed by atoms with van der Waals surface area (Å²) in [4.78, 5) is 4.48. The van der Waals surface area contributed by atoms with Crippen molar-refractivity contribution in [2.45, 2.75) is 44.9 Å². The first-order chi connectivity index (χ1) is 7.79. The van der Waals surface area contributed by atoms with E-state index in [9.17, 15) is 0 Å². The second kappa shape index (κ2) is 5.43. The third-order valence-corrected chi connectivity index (χ3v) is 3.45. The average molecular weight is 223 g/mol. The number of likely N-dealkylation sites (N-methyl/N-ethyl adjacent to an activating group) is 1. The molecule has 0 aromatic carbocycles. The maximum atomic E-state index is 5.35. The van der Waals surface area contributed by atoms with Crippen molar-refractivity contribution in [3.63, 3.8) is 0 Å². The molecule has 1 saturated carbocycles. The van der Waals surface area contributed by atoms with Crippen LogP contribution in [-0.4, -0.2) is 23.7 Å². The van der Waals surface area contributed by atoms with Gasteiger partial charge in [0.1, 0.15) is 0 Å². The Balaban J connectivity index is 1.91. The summed E-state index contributed by atoms with van der Waals surface area (Å²) in [6.07, 6.45) is 5.84. The topological polar surface area (TPSA) is 51.0 Å². The Morgan fingerprint density at radius 2 is 2.06 bits per heavy atom. The van der Waals surface area contributed by atoms with Crippen molar-refractivity contribution in [2.75, 3.05) is 13.6 Å². The van der Waals surface area contributed by atoms with Gasteiger partial charge in [-0.2, -0.15) is 4.98 Å². The summed E-state index contributed by atoms with van der Waals surface area (Å²) in [5, 5.41) is 7.11. The highest BCUT2D eigenvalue weighted by atomic mass is 16.5. The molecular weight excluding hydrogens is 202 g/mol. The maximum absolute atomic E-state index is 5.35. The molecule has 0 bridgehead atoms. The average Bonchev–Trinajstić information content (AvgIpc) is 2.76. The highest BCUT2D eigenvalue weighted by molar-refractivity contribution is 4.96. The summed E-state index contributed by atoms with van der Waals surface area (Å²) in [6.45, 7) is 3.23. The Kier molecular flexibility index (Phi) is 3.93. The van der Waals surface area contributed by atoms with E-state index in [0.29, 0.717) is 5.92 Å². The van der Waals surface area contributed by atoms with E-state index in [-0.39, 0.29) is 0 Å². The minimum atomic E-state index is 0.507. The number of nitrogens with one attached hydrogen (secondary N) is 1. The fourth-order valence-electron chi connectivity index (χ4n) is 2.28. The summed E-state index contributed by atoms with van der Waals surface area (Å²) in [7, 11) is 1.93. The van der Waals surface area contributed by atoms with E-state index in [4.69, 9.17) is 4.52 Å². The lowest BCUT2D eigenvalue weighted by atomic mass is 9.83. The zero-order chi connectivity index (χ0) is 11.4. The Morgan fingerprint density at radius 1 is 1.31 bits per heavy atom. The van der Waals surface area contributed by atoms with E-state index in [0.717, 1.165) is 30.6 Å². The molecule has 1 N–H and O–H groups in total. The van der Waals surface area contributed by atoms with Crippen LogP contribution in [0.2, 0.25) is 0 Å². The number of nitrogens with zero attached hydrogens (tertiary/aromatic N) is 2. The second-order valence-electron chi connectivity index (χ2n) is 4.86. The maximum Gasteiger partial charge on any atom is 0.229 e. The SMILES string of the molecule is CNCCc1noc(C2CCC(C)CC2)n1. The zero-order valence-corrected chi connectivity index (χ0v) is 10.2. The lowest BCUT2D eigenvalue weighted by Gasteiger charge is -2.23. The van der Waals surface area contributed by atoms with Crippen LogP contribution in [0.25, 0.3) is 0 Å². The molecule has 0 atom stereocenters. The van der Waals surface area contributed by atoms with Gasteiger partial charge < -0.3 is 9.84 Å². The van der Waals surface area contributed by atoms with Crippen LogP contribution in [0.4, 0.5) is 0 Å². The molecule has 1 heterocycles. The normalized spacial score (nSPS) is 25.9. The summed E-state index contributed by atoms with van der Waals surface area (Å²) in [5.41, 5.74) is 0. The smallest absolute Gasteiger partial charge is 0.229 e. The Hall–Kier alpha value is -0.900. The van der Waals surface area contributed by atoms with Gasteiger partial charge in [0.25, 0.3) is 0 Å². The molecule has 0 aliphatic heterocycles. The van der Waals surface area contributed by atoms with Crippen LogP contribution >= 0.6 is 0 Å².